The van der Waals surface area contributed by atoms with Crippen LogP contribution < -0.4 is 0 Å². The van der Waals surface area contributed by atoms with Crippen molar-refractivity contribution in [2.45, 2.75) is 5.88 Å². The Kier molecular flexibility index (Phi) is 1.94. The van der Waals surface area contributed by atoms with Gasteiger partial charge in [-0.25, -0.2) is 4.68 Å². The Balaban J connectivity index is 2.58. The molecule has 5 heteroatoms. The molecule has 0 aliphatic heterocycles. The second-order valence-electron chi connectivity index (χ2n) is 1.64. The highest BCUT2D eigenvalue weighted by atomic mass is 32.2. The van der Waals surface area contributed by atoms with Crippen molar-refractivity contribution < 1.29 is 4.21 Å². The van der Waals surface area contributed by atoms with Gasteiger partial charge in [0.1, 0.15) is 5.88 Å². The first kappa shape index (κ1) is 6.41. The van der Waals surface area contributed by atoms with Gasteiger partial charge in [0.05, 0.1) is 6.20 Å². The summed E-state index contributed by atoms with van der Waals surface area (Å²) in [4.78, 5) is 0. The summed E-state index contributed by atoms with van der Waals surface area (Å²) < 4.78 is 12.1. The SMILES string of the molecule is CS(=O)Cn1ccnn1. The number of rotatable bonds is 2. The summed E-state index contributed by atoms with van der Waals surface area (Å²) in [7, 11) is -0.834. The first-order valence-corrected chi connectivity index (χ1v) is 4.16. The van der Waals surface area contributed by atoms with Crippen LogP contribution in [0.4, 0.5) is 0 Å². The van der Waals surface area contributed by atoms with Crippen LogP contribution in [-0.2, 0) is 16.7 Å². The predicted octanol–water partition coefficient (Wildman–Crippen LogP) is -0.386. The van der Waals surface area contributed by atoms with Gasteiger partial charge in [-0.2, -0.15) is 0 Å². The summed E-state index contributed by atoms with van der Waals surface area (Å²) in [6, 6.07) is 0. The largest absolute Gasteiger partial charge is 0.258 e. The molecule has 0 aliphatic rings. The zero-order chi connectivity index (χ0) is 6.69. The van der Waals surface area contributed by atoms with E-state index in [9.17, 15) is 4.21 Å². The van der Waals surface area contributed by atoms with Gasteiger partial charge < -0.3 is 0 Å². The van der Waals surface area contributed by atoms with Crippen LogP contribution in [0.3, 0.4) is 0 Å². The maximum atomic E-state index is 10.5. The van der Waals surface area contributed by atoms with E-state index in [2.05, 4.69) is 10.3 Å². The van der Waals surface area contributed by atoms with Crippen molar-refractivity contribution in [2.24, 2.45) is 0 Å². The molecule has 4 nitrogen and oxygen atoms in total. The summed E-state index contributed by atoms with van der Waals surface area (Å²) in [5.41, 5.74) is 0. The molecular formula is C4H7N3OS. The van der Waals surface area contributed by atoms with Crippen molar-refractivity contribution in [2.75, 3.05) is 6.26 Å². The van der Waals surface area contributed by atoms with E-state index in [1.54, 1.807) is 18.6 Å². The molecule has 1 atom stereocenters. The molecule has 0 bridgehead atoms. The Bertz CT molecular complexity index is 196. The lowest BCUT2D eigenvalue weighted by Crippen LogP contribution is -2.03. The van der Waals surface area contributed by atoms with Gasteiger partial charge in [0.2, 0.25) is 0 Å². The van der Waals surface area contributed by atoms with Gasteiger partial charge in [-0.1, -0.05) is 5.21 Å². The highest BCUT2D eigenvalue weighted by molar-refractivity contribution is 7.83. The number of hydrogen-bond donors (Lipinski definition) is 0. The molecule has 1 heterocycles. The number of hydrogen-bond acceptors (Lipinski definition) is 3. The molecule has 0 N–H and O–H groups in total. The first-order chi connectivity index (χ1) is 4.29. The second-order valence-corrected chi connectivity index (χ2v) is 3.05. The van der Waals surface area contributed by atoms with Crippen LogP contribution in [0.5, 0.6) is 0 Å². The minimum absolute atomic E-state index is 0.431. The summed E-state index contributed by atoms with van der Waals surface area (Å²) in [6.07, 6.45) is 4.87. The highest BCUT2D eigenvalue weighted by Gasteiger charge is 1.91. The van der Waals surface area contributed by atoms with Crippen molar-refractivity contribution >= 4 is 10.8 Å². The Morgan fingerprint density at radius 2 is 2.56 bits per heavy atom. The van der Waals surface area contributed by atoms with Gasteiger partial charge in [-0.05, 0) is 0 Å². The first-order valence-electron chi connectivity index (χ1n) is 2.43. The average Bonchev–Trinajstić information content (AvgIpc) is 2.15. The molecule has 0 amide bonds. The molecule has 1 rings (SSSR count). The monoisotopic (exact) mass is 145 g/mol. The van der Waals surface area contributed by atoms with E-state index in [1.807, 2.05) is 0 Å². The molecule has 0 saturated heterocycles. The molecular weight excluding hydrogens is 138 g/mol. The van der Waals surface area contributed by atoms with Crippen LogP contribution in [-0.4, -0.2) is 25.5 Å². The standard InChI is InChI=1S/C4H7N3OS/c1-9(8)4-7-3-2-5-6-7/h2-3H,4H2,1H3. The van der Waals surface area contributed by atoms with E-state index in [-0.39, 0.29) is 0 Å². The third kappa shape index (κ3) is 1.93. The zero-order valence-electron chi connectivity index (χ0n) is 5.02. The zero-order valence-corrected chi connectivity index (χ0v) is 5.84. The fourth-order valence-electron chi connectivity index (χ4n) is 0.488. The number of aromatic nitrogens is 3. The van der Waals surface area contributed by atoms with Gasteiger partial charge in [0.15, 0.2) is 0 Å². The molecule has 0 radical (unpaired) electrons. The number of nitrogens with zero attached hydrogens (tertiary/aromatic N) is 3. The molecule has 0 aromatic carbocycles. The summed E-state index contributed by atoms with van der Waals surface area (Å²) in [5.74, 6) is 0.431. The Labute approximate surface area is 55.3 Å². The third-order valence-electron chi connectivity index (χ3n) is 0.786. The maximum Gasteiger partial charge on any atom is 0.118 e. The lowest BCUT2D eigenvalue weighted by molar-refractivity contribution is 0.650. The lowest BCUT2D eigenvalue weighted by Gasteiger charge is -1.91. The fraction of sp³-hybridized carbons (Fsp3) is 0.500. The predicted molar refractivity (Wildman–Crippen MR) is 34.1 cm³/mol. The fourth-order valence-corrected chi connectivity index (χ4v) is 0.998. The van der Waals surface area contributed by atoms with Gasteiger partial charge >= 0.3 is 0 Å². The van der Waals surface area contributed by atoms with Crippen molar-refractivity contribution in [1.29, 1.82) is 0 Å². The van der Waals surface area contributed by atoms with Crippen molar-refractivity contribution in [1.82, 2.24) is 15.0 Å². The van der Waals surface area contributed by atoms with E-state index in [4.69, 9.17) is 0 Å². The van der Waals surface area contributed by atoms with Gasteiger partial charge in [0, 0.05) is 23.3 Å². The van der Waals surface area contributed by atoms with Crippen molar-refractivity contribution in [3.8, 4) is 0 Å². The Morgan fingerprint density at radius 1 is 1.78 bits per heavy atom. The average molecular weight is 145 g/mol. The second kappa shape index (κ2) is 2.72. The van der Waals surface area contributed by atoms with Crippen molar-refractivity contribution in [3.63, 3.8) is 0 Å². The topological polar surface area (TPSA) is 47.8 Å². The van der Waals surface area contributed by atoms with E-state index in [0.717, 1.165) is 0 Å². The molecule has 0 saturated carbocycles. The molecule has 1 unspecified atom stereocenters. The Morgan fingerprint density at radius 3 is 3.00 bits per heavy atom. The van der Waals surface area contributed by atoms with Crippen LogP contribution in [0, 0.1) is 0 Å². The van der Waals surface area contributed by atoms with Crippen molar-refractivity contribution in [3.05, 3.63) is 12.4 Å². The quantitative estimate of drug-likeness (QED) is 0.569. The smallest absolute Gasteiger partial charge is 0.118 e. The normalized spacial score (nSPS) is 13.4. The third-order valence-corrected chi connectivity index (χ3v) is 1.41. The summed E-state index contributed by atoms with van der Waals surface area (Å²) >= 11 is 0. The molecule has 1 aromatic heterocycles. The van der Waals surface area contributed by atoms with Gasteiger partial charge in [-0.3, -0.25) is 4.21 Å². The van der Waals surface area contributed by atoms with E-state index in [0.29, 0.717) is 5.88 Å². The van der Waals surface area contributed by atoms with E-state index in [1.165, 1.54) is 4.68 Å². The minimum atomic E-state index is -0.834. The molecule has 0 aliphatic carbocycles. The minimum Gasteiger partial charge on any atom is -0.258 e. The van der Waals surface area contributed by atoms with Gasteiger partial charge in [-0.15, -0.1) is 5.10 Å². The Hall–Kier alpha value is -0.710. The summed E-state index contributed by atoms with van der Waals surface area (Å²) in [6.45, 7) is 0. The van der Waals surface area contributed by atoms with Crippen LogP contribution in [0.2, 0.25) is 0 Å². The van der Waals surface area contributed by atoms with E-state index < -0.39 is 10.8 Å². The maximum absolute atomic E-state index is 10.5. The van der Waals surface area contributed by atoms with Crippen LogP contribution in [0.25, 0.3) is 0 Å². The van der Waals surface area contributed by atoms with Crippen LogP contribution in [0.1, 0.15) is 0 Å². The summed E-state index contributed by atoms with van der Waals surface area (Å²) in [5, 5.41) is 7.18. The molecule has 1 aromatic rings. The van der Waals surface area contributed by atoms with Gasteiger partial charge in [0.25, 0.3) is 0 Å². The molecule has 50 valence electrons. The van der Waals surface area contributed by atoms with E-state index >= 15 is 0 Å². The molecule has 9 heavy (non-hydrogen) atoms. The molecule has 0 fully saturated rings. The lowest BCUT2D eigenvalue weighted by atomic mass is 10.9. The van der Waals surface area contributed by atoms with Crippen LogP contribution in [0.15, 0.2) is 12.4 Å². The van der Waals surface area contributed by atoms with Crippen LogP contribution >= 0.6 is 0 Å². The molecule has 0 spiro atoms. The highest BCUT2D eigenvalue weighted by Crippen LogP contribution is 1.82.